The Morgan fingerprint density at radius 3 is 2.08 bits per heavy atom. The number of rotatable bonds is 8. The maximum Gasteiger partial charge on any atom is 0.123 e. The number of nitrogens with zero attached hydrogens (tertiary/aromatic N) is 1. The van der Waals surface area contributed by atoms with E-state index >= 15 is 0 Å². The first-order chi connectivity index (χ1) is 11.5. The summed E-state index contributed by atoms with van der Waals surface area (Å²) in [5.41, 5.74) is 2.48. The van der Waals surface area contributed by atoms with E-state index in [-0.39, 0.29) is 11.5 Å². The fourth-order valence-corrected chi connectivity index (χ4v) is 2.90. The molecule has 1 aromatic rings. The monoisotopic (exact) mass is 333 g/mol. The van der Waals surface area contributed by atoms with E-state index in [1.807, 2.05) is 0 Å². The van der Waals surface area contributed by atoms with Crippen LogP contribution in [0.1, 0.15) is 26.3 Å². The van der Waals surface area contributed by atoms with Crippen LogP contribution in [0.3, 0.4) is 0 Å². The first kappa shape index (κ1) is 16.2. The van der Waals surface area contributed by atoms with E-state index in [9.17, 15) is 0 Å². The van der Waals surface area contributed by atoms with Gasteiger partial charge in [-0.25, -0.2) is 0 Å². The van der Waals surface area contributed by atoms with E-state index in [0.717, 1.165) is 38.7 Å². The van der Waals surface area contributed by atoms with Gasteiger partial charge >= 0.3 is 0 Å². The van der Waals surface area contributed by atoms with Crippen LogP contribution >= 0.6 is 0 Å². The second-order valence-electron chi connectivity index (χ2n) is 8.01. The van der Waals surface area contributed by atoms with Gasteiger partial charge in [0.25, 0.3) is 0 Å². The Morgan fingerprint density at radius 2 is 1.58 bits per heavy atom. The van der Waals surface area contributed by atoms with E-state index in [0.29, 0.717) is 18.8 Å². The molecule has 3 unspecified atom stereocenters. The molecule has 0 saturated carbocycles. The maximum absolute atomic E-state index is 6.02. The maximum atomic E-state index is 6.02. The minimum absolute atomic E-state index is 0.0214. The predicted molar refractivity (Wildman–Crippen MR) is 92.1 cm³/mol. The molecule has 24 heavy (non-hydrogen) atoms. The van der Waals surface area contributed by atoms with Crippen LogP contribution in [0.25, 0.3) is 0 Å². The van der Waals surface area contributed by atoms with Crippen molar-refractivity contribution in [2.45, 2.75) is 44.5 Å². The molecule has 0 N–H and O–H groups in total. The Labute approximate surface area is 143 Å². The van der Waals surface area contributed by atoms with E-state index < -0.39 is 0 Å². The highest BCUT2D eigenvalue weighted by atomic mass is 16.6. The largest absolute Gasteiger partial charge is 0.490 e. The zero-order valence-electron chi connectivity index (χ0n) is 14.8. The number of epoxide rings is 3. The second-order valence-corrected chi connectivity index (χ2v) is 8.01. The molecule has 0 bridgehead atoms. The molecule has 1 aromatic carbocycles. The summed E-state index contributed by atoms with van der Waals surface area (Å²) in [6.45, 7) is 11.7. The number of anilines is 1. The quantitative estimate of drug-likeness (QED) is 0.684. The Bertz CT molecular complexity index is 572. The molecule has 3 saturated heterocycles. The van der Waals surface area contributed by atoms with Crippen LogP contribution in [0.5, 0.6) is 5.75 Å². The minimum atomic E-state index is 0.0214. The van der Waals surface area contributed by atoms with Gasteiger partial charge in [-0.1, -0.05) is 20.8 Å². The summed E-state index contributed by atoms with van der Waals surface area (Å²) in [4.78, 5) is 2.39. The zero-order valence-corrected chi connectivity index (χ0v) is 14.8. The van der Waals surface area contributed by atoms with Crippen LogP contribution in [0, 0.1) is 0 Å². The van der Waals surface area contributed by atoms with Gasteiger partial charge in [0.1, 0.15) is 18.5 Å². The van der Waals surface area contributed by atoms with Gasteiger partial charge in [0.2, 0.25) is 0 Å². The van der Waals surface area contributed by atoms with E-state index in [4.69, 9.17) is 18.9 Å². The standard InChI is InChI=1S/C19H27NO4/c1-19(2,3)17-6-13(4-5-18(17)24-12-16-11-23-16)20(7-14-9-21-14)8-15-10-22-15/h4-6,14-16H,7-12H2,1-3H3. The van der Waals surface area contributed by atoms with Crippen LogP contribution in [-0.4, -0.2) is 57.8 Å². The van der Waals surface area contributed by atoms with Gasteiger partial charge in [0, 0.05) is 24.3 Å². The van der Waals surface area contributed by atoms with Gasteiger partial charge < -0.3 is 23.8 Å². The Hall–Kier alpha value is -1.30. The van der Waals surface area contributed by atoms with Crippen LogP contribution in [-0.2, 0) is 19.6 Å². The van der Waals surface area contributed by atoms with Crippen molar-refractivity contribution in [3.63, 3.8) is 0 Å². The molecule has 0 aromatic heterocycles. The van der Waals surface area contributed by atoms with Crippen LogP contribution in [0.2, 0.25) is 0 Å². The van der Waals surface area contributed by atoms with E-state index in [1.165, 1.54) is 11.3 Å². The average molecular weight is 333 g/mol. The highest BCUT2D eigenvalue weighted by Gasteiger charge is 2.32. The number of hydrogen-bond donors (Lipinski definition) is 0. The molecule has 132 valence electrons. The summed E-state index contributed by atoms with van der Waals surface area (Å²) < 4.78 is 22.1. The number of hydrogen-bond acceptors (Lipinski definition) is 5. The lowest BCUT2D eigenvalue weighted by molar-refractivity contribution is 0.258. The summed E-state index contributed by atoms with van der Waals surface area (Å²) in [5, 5.41) is 0. The third kappa shape index (κ3) is 4.21. The zero-order chi connectivity index (χ0) is 16.7. The first-order valence-corrected chi connectivity index (χ1v) is 8.86. The SMILES string of the molecule is CC(C)(C)c1cc(N(CC2CO2)CC2CO2)ccc1OCC1CO1. The fourth-order valence-electron chi connectivity index (χ4n) is 2.90. The van der Waals surface area contributed by atoms with E-state index in [2.05, 4.69) is 43.9 Å². The third-order valence-corrected chi connectivity index (χ3v) is 4.62. The molecule has 0 spiro atoms. The number of ether oxygens (including phenoxy) is 4. The molecule has 3 aliphatic rings. The highest BCUT2D eigenvalue weighted by molar-refractivity contribution is 5.55. The summed E-state index contributed by atoms with van der Waals surface area (Å²) in [5.74, 6) is 0.965. The molecular weight excluding hydrogens is 306 g/mol. The van der Waals surface area contributed by atoms with Gasteiger partial charge in [0.05, 0.1) is 32.0 Å². The molecule has 0 radical (unpaired) electrons. The fraction of sp³-hybridized carbons (Fsp3) is 0.684. The topological polar surface area (TPSA) is 50.1 Å². The summed E-state index contributed by atoms with van der Waals surface area (Å²) >= 11 is 0. The molecular formula is C19H27NO4. The molecule has 5 nitrogen and oxygen atoms in total. The summed E-state index contributed by atoms with van der Waals surface area (Å²) in [7, 11) is 0. The highest BCUT2D eigenvalue weighted by Crippen LogP contribution is 2.36. The van der Waals surface area contributed by atoms with Crippen molar-refractivity contribution in [2.24, 2.45) is 0 Å². The van der Waals surface area contributed by atoms with Crippen molar-refractivity contribution in [3.05, 3.63) is 23.8 Å². The van der Waals surface area contributed by atoms with Gasteiger partial charge in [0.15, 0.2) is 0 Å². The van der Waals surface area contributed by atoms with Gasteiger partial charge in [-0.05, 0) is 23.6 Å². The van der Waals surface area contributed by atoms with Gasteiger partial charge in [-0.2, -0.15) is 0 Å². The normalized spacial score (nSPS) is 27.7. The van der Waals surface area contributed by atoms with Gasteiger partial charge in [-0.3, -0.25) is 0 Å². The van der Waals surface area contributed by atoms with Crippen molar-refractivity contribution in [3.8, 4) is 5.75 Å². The molecule has 3 atom stereocenters. The molecule has 0 amide bonds. The summed E-state index contributed by atoms with van der Waals surface area (Å²) in [6.07, 6.45) is 1.00. The lowest BCUT2D eigenvalue weighted by Crippen LogP contribution is -2.32. The van der Waals surface area contributed by atoms with Crippen molar-refractivity contribution in [2.75, 3.05) is 44.4 Å². The average Bonchev–Trinajstić information content (AvgIpc) is 3.36. The second kappa shape index (κ2) is 6.21. The minimum Gasteiger partial charge on any atom is -0.490 e. The predicted octanol–water partition coefficient (Wildman–Crippen LogP) is 2.37. The van der Waals surface area contributed by atoms with Crippen LogP contribution < -0.4 is 9.64 Å². The van der Waals surface area contributed by atoms with Crippen molar-refractivity contribution in [1.82, 2.24) is 0 Å². The Balaban J connectivity index is 1.56. The molecule has 5 heteroatoms. The summed E-state index contributed by atoms with van der Waals surface area (Å²) in [6, 6.07) is 6.53. The van der Waals surface area contributed by atoms with E-state index in [1.54, 1.807) is 0 Å². The molecule has 3 heterocycles. The molecule has 4 rings (SSSR count). The first-order valence-electron chi connectivity index (χ1n) is 8.86. The lowest BCUT2D eigenvalue weighted by atomic mass is 9.86. The molecule has 3 fully saturated rings. The van der Waals surface area contributed by atoms with Crippen molar-refractivity contribution < 1.29 is 18.9 Å². The Morgan fingerprint density at radius 1 is 1.00 bits per heavy atom. The van der Waals surface area contributed by atoms with Gasteiger partial charge in [-0.15, -0.1) is 0 Å². The Kier molecular flexibility index (Phi) is 4.19. The smallest absolute Gasteiger partial charge is 0.123 e. The van der Waals surface area contributed by atoms with Crippen molar-refractivity contribution in [1.29, 1.82) is 0 Å². The lowest BCUT2D eigenvalue weighted by Gasteiger charge is -2.28. The van der Waals surface area contributed by atoms with Crippen molar-refractivity contribution >= 4 is 5.69 Å². The van der Waals surface area contributed by atoms with Crippen LogP contribution in [0.4, 0.5) is 5.69 Å². The third-order valence-electron chi connectivity index (χ3n) is 4.62. The molecule has 3 aliphatic heterocycles. The van der Waals surface area contributed by atoms with Crippen LogP contribution in [0.15, 0.2) is 18.2 Å². The molecule has 0 aliphatic carbocycles. The number of benzene rings is 1.